The Kier molecular flexibility index (Phi) is 2.22. The van der Waals surface area contributed by atoms with E-state index in [0.717, 1.165) is 0 Å². The van der Waals surface area contributed by atoms with E-state index in [9.17, 15) is 0 Å². The van der Waals surface area contributed by atoms with Crippen molar-refractivity contribution in [3.63, 3.8) is 0 Å². The fourth-order valence-electron chi connectivity index (χ4n) is 1.39. The molecule has 0 aliphatic carbocycles. The maximum atomic E-state index is 2.74. The van der Waals surface area contributed by atoms with Crippen LogP contribution in [0.15, 0.2) is 0 Å². The van der Waals surface area contributed by atoms with E-state index < -0.39 is 13.5 Å². The van der Waals surface area contributed by atoms with Gasteiger partial charge in [0.25, 0.3) is 0 Å². The second kappa shape index (κ2) is 2.63. The predicted molar refractivity (Wildman–Crippen MR) is 44.2 cm³/mol. The number of hydrogen-bond acceptors (Lipinski definition) is 1. The summed E-state index contributed by atoms with van der Waals surface area (Å²) >= 11 is -1.35. The Bertz CT molecular complexity index is 89.6. The van der Waals surface area contributed by atoms with Crippen molar-refractivity contribution in [3.05, 3.63) is 0 Å². The van der Waals surface area contributed by atoms with Gasteiger partial charge in [-0.05, 0) is 0 Å². The molecule has 0 radical (unpaired) electrons. The third-order valence-corrected chi connectivity index (χ3v) is 6.97. The molecule has 1 heterocycles. The molecule has 0 spiro atoms. The first-order valence-electron chi connectivity index (χ1n) is 3.86. The van der Waals surface area contributed by atoms with Crippen molar-refractivity contribution in [1.82, 2.24) is 3.86 Å². The normalized spacial score (nSPS) is 23.0. The minimum atomic E-state index is -1.35. The number of rotatable bonds is 1. The Morgan fingerprint density at radius 1 is 1.00 bits per heavy atom. The third kappa shape index (κ3) is 1.97. The van der Waals surface area contributed by atoms with Crippen LogP contribution in [0.2, 0.25) is 17.3 Å². The fraction of sp³-hybridized carbons (Fsp3) is 1.00. The molecule has 1 saturated heterocycles. The molecule has 0 atom stereocenters. The van der Waals surface area contributed by atoms with Gasteiger partial charge in [0.05, 0.1) is 0 Å². The maximum absolute atomic E-state index is 2.74. The Hall–Kier alpha value is 0.503. The van der Waals surface area contributed by atoms with Gasteiger partial charge < -0.3 is 0 Å². The number of nitrogens with zero attached hydrogens (tertiary/aromatic N) is 1. The van der Waals surface area contributed by atoms with Crippen molar-refractivity contribution in [3.8, 4) is 0 Å². The molecular formula is C7H17GeN. The molecule has 1 aliphatic heterocycles. The van der Waals surface area contributed by atoms with E-state index in [1.807, 2.05) is 0 Å². The third-order valence-electron chi connectivity index (χ3n) is 2.05. The van der Waals surface area contributed by atoms with Gasteiger partial charge in [-0.25, -0.2) is 0 Å². The summed E-state index contributed by atoms with van der Waals surface area (Å²) in [5.41, 5.74) is 0. The quantitative estimate of drug-likeness (QED) is 0.568. The summed E-state index contributed by atoms with van der Waals surface area (Å²) in [4.78, 5) is 0. The van der Waals surface area contributed by atoms with Crippen molar-refractivity contribution >= 4 is 13.5 Å². The van der Waals surface area contributed by atoms with Gasteiger partial charge >= 0.3 is 60.5 Å². The van der Waals surface area contributed by atoms with Crippen LogP contribution in [-0.4, -0.2) is 30.4 Å². The summed E-state index contributed by atoms with van der Waals surface area (Å²) < 4.78 is 2.74. The summed E-state index contributed by atoms with van der Waals surface area (Å²) in [6.45, 7) is 2.78. The second-order valence-corrected chi connectivity index (χ2v) is 14.3. The van der Waals surface area contributed by atoms with Crippen LogP contribution in [-0.2, 0) is 0 Å². The van der Waals surface area contributed by atoms with Crippen LogP contribution in [0.25, 0.3) is 0 Å². The van der Waals surface area contributed by atoms with Crippen molar-refractivity contribution in [1.29, 1.82) is 0 Å². The van der Waals surface area contributed by atoms with Gasteiger partial charge in [-0.15, -0.1) is 0 Å². The molecule has 0 aromatic carbocycles. The number of hydrogen-bond donors (Lipinski definition) is 0. The molecule has 0 bridgehead atoms. The van der Waals surface area contributed by atoms with Crippen LogP contribution in [0.3, 0.4) is 0 Å². The fourth-order valence-corrected chi connectivity index (χ4v) is 4.87. The molecule has 1 nitrogen and oxygen atoms in total. The topological polar surface area (TPSA) is 3.24 Å². The standard InChI is InChI=1S/C7H17GeN/c1-8(2,3)9-6-4-5-7-9/h4-7H2,1-3H3. The molecule has 9 heavy (non-hydrogen) atoms. The zero-order valence-corrected chi connectivity index (χ0v) is 8.87. The molecule has 0 saturated carbocycles. The van der Waals surface area contributed by atoms with Crippen molar-refractivity contribution in [2.75, 3.05) is 13.1 Å². The van der Waals surface area contributed by atoms with Crippen LogP contribution in [0, 0.1) is 0 Å². The Morgan fingerprint density at radius 2 is 1.44 bits per heavy atom. The van der Waals surface area contributed by atoms with E-state index in [-0.39, 0.29) is 0 Å². The molecule has 0 aromatic heterocycles. The average Bonchev–Trinajstić information content (AvgIpc) is 2.08. The molecule has 0 N–H and O–H groups in total. The van der Waals surface area contributed by atoms with Crippen LogP contribution >= 0.6 is 0 Å². The first-order chi connectivity index (χ1) is 4.11. The molecule has 1 fully saturated rings. The van der Waals surface area contributed by atoms with Crippen LogP contribution in [0.1, 0.15) is 12.8 Å². The van der Waals surface area contributed by atoms with Gasteiger partial charge in [-0.1, -0.05) is 0 Å². The first kappa shape index (κ1) is 7.61. The van der Waals surface area contributed by atoms with Gasteiger partial charge in [-0.3, -0.25) is 0 Å². The van der Waals surface area contributed by atoms with Gasteiger partial charge in [0.15, 0.2) is 0 Å². The summed E-state index contributed by atoms with van der Waals surface area (Å²) in [5, 5.41) is 0. The van der Waals surface area contributed by atoms with Gasteiger partial charge in [0, 0.05) is 0 Å². The van der Waals surface area contributed by atoms with Crippen LogP contribution in [0.4, 0.5) is 0 Å². The molecule has 1 aliphatic rings. The monoisotopic (exact) mass is 189 g/mol. The van der Waals surface area contributed by atoms with Crippen molar-refractivity contribution in [2.45, 2.75) is 30.1 Å². The first-order valence-corrected chi connectivity index (χ1v) is 11.1. The molecule has 54 valence electrons. The summed E-state index contributed by atoms with van der Waals surface area (Å²) in [6, 6.07) is 0. The SMILES string of the molecule is [CH3][Ge]([CH3])([CH3])[N]1CCCC1. The molecule has 0 amide bonds. The van der Waals surface area contributed by atoms with E-state index in [1.165, 1.54) is 25.9 Å². The van der Waals surface area contributed by atoms with Crippen LogP contribution in [0.5, 0.6) is 0 Å². The van der Waals surface area contributed by atoms with E-state index in [4.69, 9.17) is 0 Å². The summed E-state index contributed by atoms with van der Waals surface area (Å²) in [5.74, 6) is 7.43. The minimum absolute atomic E-state index is 1.35. The molecule has 2 heteroatoms. The Balaban J connectivity index is 2.42. The van der Waals surface area contributed by atoms with E-state index >= 15 is 0 Å². The van der Waals surface area contributed by atoms with Crippen molar-refractivity contribution < 1.29 is 0 Å². The molecule has 1 rings (SSSR count). The second-order valence-electron chi connectivity index (χ2n) is 3.86. The zero-order valence-electron chi connectivity index (χ0n) is 6.78. The summed E-state index contributed by atoms with van der Waals surface area (Å²) in [6.07, 6.45) is 2.89. The molecule has 0 aromatic rings. The molecular weight excluding hydrogens is 171 g/mol. The Morgan fingerprint density at radius 3 is 1.67 bits per heavy atom. The van der Waals surface area contributed by atoms with Gasteiger partial charge in [0.2, 0.25) is 0 Å². The van der Waals surface area contributed by atoms with Crippen molar-refractivity contribution in [2.24, 2.45) is 0 Å². The van der Waals surface area contributed by atoms with E-state index in [0.29, 0.717) is 0 Å². The van der Waals surface area contributed by atoms with Crippen LogP contribution < -0.4 is 0 Å². The summed E-state index contributed by atoms with van der Waals surface area (Å²) in [7, 11) is 0. The van der Waals surface area contributed by atoms with E-state index in [1.54, 1.807) is 0 Å². The Labute approximate surface area is 61.0 Å². The van der Waals surface area contributed by atoms with Gasteiger partial charge in [0.1, 0.15) is 0 Å². The zero-order chi connectivity index (χ0) is 6.91. The molecule has 0 unspecified atom stereocenters. The average molecular weight is 188 g/mol. The van der Waals surface area contributed by atoms with Gasteiger partial charge in [-0.2, -0.15) is 0 Å². The predicted octanol–water partition coefficient (Wildman–Crippen LogP) is 1.92. The van der Waals surface area contributed by atoms with E-state index in [2.05, 4.69) is 21.1 Å².